The molecule has 2 amide bonds. The standard InChI is InChI=1S/C20H32N2O/c1-12-5-16-3-4-17(6-12)22(16)19(23)21-18-14-7-13-8-15(18)11-20(2,9-13)10-14/h12-18H,3-11H2,1-2H3,(H,21,23)/t12?,13?,14?,15?,16-,17+,18?,20?. The molecule has 6 fully saturated rings. The number of carbonyl (C=O) groups is 1. The summed E-state index contributed by atoms with van der Waals surface area (Å²) in [5.74, 6) is 3.28. The molecule has 0 aromatic carbocycles. The van der Waals surface area contributed by atoms with Crippen molar-refractivity contribution in [2.75, 3.05) is 0 Å². The minimum absolute atomic E-state index is 0.284. The first kappa shape index (κ1) is 14.6. The molecule has 6 bridgehead atoms. The molecule has 4 saturated carbocycles. The Kier molecular flexibility index (Phi) is 3.10. The van der Waals surface area contributed by atoms with Gasteiger partial charge in [-0.1, -0.05) is 13.8 Å². The van der Waals surface area contributed by atoms with Crippen LogP contribution in [-0.4, -0.2) is 29.1 Å². The zero-order chi connectivity index (χ0) is 15.8. The third-order valence-electron chi connectivity index (χ3n) is 8.07. The number of piperidine rings is 1. The molecular formula is C20H32N2O. The Morgan fingerprint density at radius 1 is 1.00 bits per heavy atom. The molecule has 0 radical (unpaired) electrons. The second-order valence-corrected chi connectivity index (χ2v) is 10.1. The van der Waals surface area contributed by atoms with Gasteiger partial charge in [0.15, 0.2) is 0 Å². The number of urea groups is 1. The summed E-state index contributed by atoms with van der Waals surface area (Å²) in [7, 11) is 0. The summed E-state index contributed by atoms with van der Waals surface area (Å²) < 4.78 is 0. The predicted octanol–water partition coefficient (Wildman–Crippen LogP) is 4.17. The van der Waals surface area contributed by atoms with E-state index in [1.165, 1.54) is 57.8 Å². The van der Waals surface area contributed by atoms with E-state index in [4.69, 9.17) is 0 Å². The summed E-state index contributed by atoms with van der Waals surface area (Å²) in [5, 5.41) is 3.55. The van der Waals surface area contributed by atoms with Crippen LogP contribution in [0.3, 0.4) is 0 Å². The number of carbonyl (C=O) groups excluding carboxylic acids is 1. The van der Waals surface area contributed by atoms with Gasteiger partial charge in [-0.2, -0.15) is 0 Å². The molecule has 128 valence electrons. The van der Waals surface area contributed by atoms with Crippen molar-refractivity contribution in [2.24, 2.45) is 29.1 Å². The average Bonchev–Trinajstić information content (AvgIpc) is 2.73. The van der Waals surface area contributed by atoms with Gasteiger partial charge in [-0.05, 0) is 86.9 Å². The van der Waals surface area contributed by atoms with Crippen molar-refractivity contribution < 1.29 is 4.79 Å². The lowest BCUT2D eigenvalue weighted by Crippen LogP contribution is -2.61. The molecule has 4 aliphatic carbocycles. The molecular weight excluding hydrogens is 284 g/mol. The quantitative estimate of drug-likeness (QED) is 0.773. The van der Waals surface area contributed by atoms with Gasteiger partial charge in [0.2, 0.25) is 0 Å². The highest BCUT2D eigenvalue weighted by atomic mass is 16.2. The van der Waals surface area contributed by atoms with E-state index in [0.717, 1.165) is 23.7 Å². The molecule has 2 aliphatic heterocycles. The Morgan fingerprint density at radius 2 is 1.61 bits per heavy atom. The highest BCUT2D eigenvalue weighted by molar-refractivity contribution is 5.76. The van der Waals surface area contributed by atoms with Gasteiger partial charge in [0, 0.05) is 18.1 Å². The average molecular weight is 316 g/mol. The van der Waals surface area contributed by atoms with E-state index < -0.39 is 0 Å². The molecule has 6 aliphatic rings. The minimum Gasteiger partial charge on any atom is -0.335 e. The Balaban J connectivity index is 1.30. The van der Waals surface area contributed by atoms with Crippen LogP contribution >= 0.6 is 0 Å². The first-order valence-corrected chi connectivity index (χ1v) is 10.1. The summed E-state index contributed by atoms with van der Waals surface area (Å²) in [5.41, 5.74) is 0.595. The van der Waals surface area contributed by atoms with Gasteiger partial charge in [-0.15, -0.1) is 0 Å². The molecule has 0 aromatic rings. The lowest BCUT2D eigenvalue weighted by atomic mass is 9.48. The Labute approximate surface area is 140 Å². The van der Waals surface area contributed by atoms with Crippen LogP contribution in [0, 0.1) is 29.1 Å². The summed E-state index contributed by atoms with van der Waals surface area (Å²) >= 11 is 0. The van der Waals surface area contributed by atoms with Crippen LogP contribution in [-0.2, 0) is 0 Å². The van der Waals surface area contributed by atoms with Crippen LogP contribution in [0.4, 0.5) is 4.79 Å². The number of hydrogen-bond acceptors (Lipinski definition) is 1. The van der Waals surface area contributed by atoms with E-state index in [1.54, 1.807) is 0 Å². The fourth-order valence-corrected chi connectivity index (χ4v) is 7.66. The molecule has 3 unspecified atom stereocenters. The molecule has 0 aromatic heterocycles. The van der Waals surface area contributed by atoms with Crippen LogP contribution < -0.4 is 5.32 Å². The molecule has 1 N–H and O–H groups in total. The van der Waals surface area contributed by atoms with Gasteiger partial charge in [-0.3, -0.25) is 0 Å². The van der Waals surface area contributed by atoms with Crippen molar-refractivity contribution in [3.05, 3.63) is 0 Å². The van der Waals surface area contributed by atoms with Gasteiger partial charge >= 0.3 is 6.03 Å². The Hall–Kier alpha value is -0.730. The SMILES string of the molecule is CC1C[C@H]2CC[C@@H](C1)N2C(=O)NC1C2CC3CC1CC(C)(C3)C2. The summed E-state index contributed by atoms with van der Waals surface area (Å²) in [6, 6.07) is 1.81. The highest BCUT2D eigenvalue weighted by Gasteiger charge is 2.54. The predicted molar refractivity (Wildman–Crippen MR) is 91.0 cm³/mol. The van der Waals surface area contributed by atoms with E-state index in [2.05, 4.69) is 24.1 Å². The fraction of sp³-hybridized carbons (Fsp3) is 0.950. The van der Waals surface area contributed by atoms with Crippen molar-refractivity contribution in [3.63, 3.8) is 0 Å². The second kappa shape index (κ2) is 4.89. The van der Waals surface area contributed by atoms with Crippen molar-refractivity contribution >= 4 is 6.03 Å². The van der Waals surface area contributed by atoms with Gasteiger partial charge in [0.1, 0.15) is 0 Å². The van der Waals surface area contributed by atoms with Crippen LogP contribution in [0.2, 0.25) is 0 Å². The molecule has 5 atom stereocenters. The first-order chi connectivity index (χ1) is 11.0. The van der Waals surface area contributed by atoms with Crippen molar-refractivity contribution in [2.45, 2.75) is 89.8 Å². The maximum absolute atomic E-state index is 13.1. The number of nitrogens with one attached hydrogen (secondary N) is 1. The Bertz CT molecular complexity index is 488. The number of amides is 2. The second-order valence-electron chi connectivity index (χ2n) is 10.1. The minimum atomic E-state index is 0.284. The lowest BCUT2D eigenvalue weighted by Gasteiger charge is -2.59. The van der Waals surface area contributed by atoms with E-state index >= 15 is 0 Å². The van der Waals surface area contributed by atoms with E-state index in [-0.39, 0.29) is 6.03 Å². The van der Waals surface area contributed by atoms with Crippen molar-refractivity contribution in [3.8, 4) is 0 Å². The molecule has 6 rings (SSSR count). The lowest BCUT2D eigenvalue weighted by molar-refractivity contribution is -0.0647. The summed E-state index contributed by atoms with van der Waals surface area (Å²) in [6.45, 7) is 4.86. The number of fused-ring (bicyclic) bond motifs is 2. The zero-order valence-electron chi connectivity index (χ0n) is 14.8. The summed E-state index contributed by atoms with van der Waals surface area (Å²) in [6.07, 6.45) is 11.8. The molecule has 2 saturated heterocycles. The van der Waals surface area contributed by atoms with E-state index in [1.807, 2.05) is 0 Å². The van der Waals surface area contributed by atoms with Gasteiger partial charge in [-0.25, -0.2) is 4.79 Å². The zero-order valence-corrected chi connectivity index (χ0v) is 14.8. The van der Waals surface area contributed by atoms with Gasteiger partial charge < -0.3 is 10.2 Å². The van der Waals surface area contributed by atoms with Crippen molar-refractivity contribution in [1.29, 1.82) is 0 Å². The monoisotopic (exact) mass is 316 g/mol. The molecule has 3 nitrogen and oxygen atoms in total. The normalized spacial score (nSPS) is 53.7. The first-order valence-electron chi connectivity index (χ1n) is 10.1. The molecule has 2 heterocycles. The van der Waals surface area contributed by atoms with Gasteiger partial charge in [0.25, 0.3) is 0 Å². The smallest absolute Gasteiger partial charge is 0.318 e. The topological polar surface area (TPSA) is 32.3 Å². The van der Waals surface area contributed by atoms with Gasteiger partial charge in [0.05, 0.1) is 0 Å². The maximum Gasteiger partial charge on any atom is 0.318 e. The van der Waals surface area contributed by atoms with Crippen LogP contribution in [0.5, 0.6) is 0 Å². The van der Waals surface area contributed by atoms with Crippen LogP contribution in [0.1, 0.15) is 71.6 Å². The third kappa shape index (κ3) is 2.25. The van der Waals surface area contributed by atoms with E-state index in [9.17, 15) is 4.79 Å². The number of rotatable bonds is 1. The third-order valence-corrected chi connectivity index (χ3v) is 8.07. The fourth-order valence-electron chi connectivity index (χ4n) is 7.66. The van der Waals surface area contributed by atoms with E-state index in [0.29, 0.717) is 23.5 Å². The molecule has 3 heteroatoms. The number of hydrogen-bond donors (Lipinski definition) is 1. The highest BCUT2D eigenvalue weighted by Crippen LogP contribution is 2.59. The van der Waals surface area contributed by atoms with Crippen molar-refractivity contribution in [1.82, 2.24) is 10.2 Å². The summed E-state index contributed by atoms with van der Waals surface area (Å²) in [4.78, 5) is 15.3. The maximum atomic E-state index is 13.1. The molecule has 23 heavy (non-hydrogen) atoms. The van der Waals surface area contributed by atoms with Crippen LogP contribution in [0.15, 0.2) is 0 Å². The Morgan fingerprint density at radius 3 is 2.17 bits per heavy atom. The number of nitrogens with zero attached hydrogens (tertiary/aromatic N) is 1. The van der Waals surface area contributed by atoms with Crippen LogP contribution in [0.25, 0.3) is 0 Å². The molecule has 0 spiro atoms. The largest absolute Gasteiger partial charge is 0.335 e.